The minimum absolute atomic E-state index is 0.00250. The molecule has 0 heterocycles. The molecule has 0 amide bonds. The van der Waals surface area contributed by atoms with Crippen molar-refractivity contribution in [1.82, 2.24) is 0 Å². The summed E-state index contributed by atoms with van der Waals surface area (Å²) in [5, 5.41) is 0. The van der Waals surface area contributed by atoms with E-state index in [1.807, 2.05) is 0 Å². The molecule has 0 N–H and O–H groups in total. The van der Waals surface area contributed by atoms with Gasteiger partial charge in [0.25, 0.3) is 0 Å². The zero-order valence-electron chi connectivity index (χ0n) is 11.7. The van der Waals surface area contributed by atoms with E-state index >= 15 is 0 Å². The fourth-order valence-corrected chi connectivity index (χ4v) is 1.88. The lowest BCUT2D eigenvalue weighted by Crippen LogP contribution is -2.08. The SMILES string of the molecule is [CH2]CCCCCCCCCCC(=O)CC(=O)OC. The highest BCUT2D eigenvalue weighted by molar-refractivity contribution is 5.95. The molecule has 0 aliphatic rings. The summed E-state index contributed by atoms with van der Waals surface area (Å²) in [4.78, 5) is 22.1. The van der Waals surface area contributed by atoms with Crippen LogP contribution in [-0.2, 0) is 14.3 Å². The van der Waals surface area contributed by atoms with Gasteiger partial charge < -0.3 is 4.74 Å². The van der Waals surface area contributed by atoms with Crippen LogP contribution in [0.4, 0.5) is 0 Å². The van der Waals surface area contributed by atoms with E-state index in [9.17, 15) is 9.59 Å². The highest BCUT2D eigenvalue weighted by Gasteiger charge is 2.08. The summed E-state index contributed by atoms with van der Waals surface area (Å²) in [6.07, 6.45) is 11.0. The standard InChI is InChI=1S/C15H27O3/c1-3-4-5-6-7-8-9-10-11-12-14(16)13-15(17)18-2/h1,3-13H2,2H3. The maximum atomic E-state index is 11.3. The molecule has 0 spiro atoms. The van der Waals surface area contributed by atoms with Gasteiger partial charge in [0.05, 0.1) is 7.11 Å². The third-order valence-electron chi connectivity index (χ3n) is 3.02. The summed E-state index contributed by atoms with van der Waals surface area (Å²) in [5.74, 6) is -0.428. The van der Waals surface area contributed by atoms with Crippen LogP contribution in [0.5, 0.6) is 0 Å². The number of carbonyl (C=O) groups excluding carboxylic acids is 2. The number of esters is 1. The zero-order valence-corrected chi connectivity index (χ0v) is 11.7. The summed E-state index contributed by atoms with van der Waals surface area (Å²) < 4.78 is 4.45. The Morgan fingerprint density at radius 2 is 1.39 bits per heavy atom. The van der Waals surface area contributed by atoms with E-state index in [1.165, 1.54) is 45.6 Å². The topological polar surface area (TPSA) is 43.4 Å². The van der Waals surface area contributed by atoms with E-state index < -0.39 is 5.97 Å². The molecule has 0 unspecified atom stereocenters. The molecule has 105 valence electrons. The lowest BCUT2D eigenvalue weighted by Gasteiger charge is -2.02. The number of hydrogen-bond donors (Lipinski definition) is 0. The molecule has 0 aromatic heterocycles. The Morgan fingerprint density at radius 1 is 0.889 bits per heavy atom. The molecule has 0 atom stereocenters. The number of Topliss-reactive ketones (excluding diaryl/α,β-unsaturated/α-hetero) is 1. The Balaban J connectivity index is 3.20. The highest BCUT2D eigenvalue weighted by atomic mass is 16.5. The molecule has 0 bridgehead atoms. The number of methoxy groups -OCH3 is 1. The maximum Gasteiger partial charge on any atom is 0.313 e. The molecule has 0 aliphatic carbocycles. The monoisotopic (exact) mass is 255 g/mol. The van der Waals surface area contributed by atoms with Crippen LogP contribution in [0.25, 0.3) is 0 Å². The van der Waals surface area contributed by atoms with Crippen molar-refractivity contribution in [3.05, 3.63) is 6.92 Å². The Morgan fingerprint density at radius 3 is 1.89 bits per heavy atom. The summed E-state index contributed by atoms with van der Waals surface area (Å²) in [6, 6.07) is 0. The minimum atomic E-state index is -0.426. The molecule has 0 aromatic rings. The van der Waals surface area contributed by atoms with Gasteiger partial charge in [-0.05, 0) is 6.42 Å². The van der Waals surface area contributed by atoms with Crippen molar-refractivity contribution in [2.24, 2.45) is 0 Å². The van der Waals surface area contributed by atoms with Crippen molar-refractivity contribution in [2.75, 3.05) is 7.11 Å². The number of ether oxygens (including phenoxy) is 1. The summed E-state index contributed by atoms with van der Waals surface area (Å²) in [7, 11) is 1.31. The summed E-state index contributed by atoms with van der Waals surface area (Å²) >= 11 is 0. The van der Waals surface area contributed by atoms with Crippen LogP contribution in [0.3, 0.4) is 0 Å². The fourth-order valence-electron chi connectivity index (χ4n) is 1.88. The summed E-state index contributed by atoms with van der Waals surface area (Å²) in [5.41, 5.74) is 0. The number of rotatable bonds is 12. The van der Waals surface area contributed by atoms with Crippen LogP contribution in [0.15, 0.2) is 0 Å². The molecule has 0 saturated carbocycles. The van der Waals surface area contributed by atoms with E-state index in [-0.39, 0.29) is 12.2 Å². The van der Waals surface area contributed by atoms with Crippen LogP contribution in [0.1, 0.15) is 70.6 Å². The Hall–Kier alpha value is -0.860. The van der Waals surface area contributed by atoms with Crippen molar-refractivity contribution in [1.29, 1.82) is 0 Å². The first-order valence-corrected chi connectivity index (χ1v) is 7.08. The van der Waals surface area contributed by atoms with Gasteiger partial charge in [-0.3, -0.25) is 9.59 Å². The van der Waals surface area contributed by atoms with E-state index in [0.717, 1.165) is 19.3 Å². The van der Waals surface area contributed by atoms with Crippen molar-refractivity contribution in [3.8, 4) is 0 Å². The lowest BCUT2D eigenvalue weighted by molar-refractivity contribution is -0.143. The highest BCUT2D eigenvalue weighted by Crippen LogP contribution is 2.11. The van der Waals surface area contributed by atoms with Gasteiger partial charge in [-0.1, -0.05) is 58.3 Å². The molecule has 0 saturated heterocycles. The first-order chi connectivity index (χ1) is 8.70. The van der Waals surface area contributed by atoms with Crippen LogP contribution in [0.2, 0.25) is 0 Å². The number of unbranched alkanes of at least 4 members (excludes halogenated alkanes) is 8. The first-order valence-electron chi connectivity index (χ1n) is 7.08. The van der Waals surface area contributed by atoms with Gasteiger partial charge in [0.15, 0.2) is 0 Å². The summed E-state index contributed by atoms with van der Waals surface area (Å²) in [6.45, 7) is 3.82. The van der Waals surface area contributed by atoms with Gasteiger partial charge >= 0.3 is 5.97 Å². The van der Waals surface area contributed by atoms with Gasteiger partial charge in [0.1, 0.15) is 12.2 Å². The molecule has 3 heteroatoms. The van der Waals surface area contributed by atoms with Gasteiger partial charge in [-0.2, -0.15) is 0 Å². The molecule has 0 rings (SSSR count). The number of ketones is 1. The first kappa shape index (κ1) is 17.1. The molecule has 1 radical (unpaired) electrons. The van der Waals surface area contributed by atoms with Crippen LogP contribution in [-0.4, -0.2) is 18.9 Å². The predicted molar refractivity (Wildman–Crippen MR) is 73.2 cm³/mol. The third-order valence-corrected chi connectivity index (χ3v) is 3.02. The van der Waals surface area contributed by atoms with Gasteiger partial charge in [-0.15, -0.1) is 0 Å². The molecular formula is C15H27O3. The smallest absolute Gasteiger partial charge is 0.313 e. The lowest BCUT2D eigenvalue weighted by atomic mass is 10.0. The third kappa shape index (κ3) is 11.6. The Bertz CT molecular complexity index is 224. The average molecular weight is 255 g/mol. The quantitative estimate of drug-likeness (QED) is 0.302. The predicted octanol–water partition coefficient (Wildman–Crippen LogP) is 3.85. The number of hydrogen-bond acceptors (Lipinski definition) is 3. The van der Waals surface area contributed by atoms with Gasteiger partial charge in [-0.25, -0.2) is 0 Å². The second-order valence-electron chi connectivity index (χ2n) is 4.72. The van der Waals surface area contributed by atoms with Crippen molar-refractivity contribution in [3.63, 3.8) is 0 Å². The largest absolute Gasteiger partial charge is 0.469 e. The van der Waals surface area contributed by atoms with Crippen molar-refractivity contribution in [2.45, 2.75) is 70.6 Å². The minimum Gasteiger partial charge on any atom is -0.469 e. The van der Waals surface area contributed by atoms with Crippen molar-refractivity contribution < 1.29 is 14.3 Å². The molecule has 18 heavy (non-hydrogen) atoms. The molecular weight excluding hydrogens is 228 g/mol. The molecule has 3 nitrogen and oxygen atoms in total. The van der Waals surface area contributed by atoms with E-state index in [4.69, 9.17) is 0 Å². The van der Waals surface area contributed by atoms with Crippen molar-refractivity contribution >= 4 is 11.8 Å². The molecule has 0 aliphatic heterocycles. The van der Waals surface area contributed by atoms with E-state index in [0.29, 0.717) is 6.42 Å². The zero-order chi connectivity index (χ0) is 13.6. The molecule has 0 fully saturated rings. The van der Waals surface area contributed by atoms with Crippen LogP contribution < -0.4 is 0 Å². The van der Waals surface area contributed by atoms with Crippen LogP contribution >= 0.6 is 0 Å². The fraction of sp³-hybridized carbons (Fsp3) is 0.800. The second-order valence-corrected chi connectivity index (χ2v) is 4.72. The second kappa shape index (κ2) is 12.6. The Labute approximate surface area is 111 Å². The number of carbonyl (C=O) groups is 2. The van der Waals surface area contributed by atoms with E-state index in [2.05, 4.69) is 11.7 Å². The average Bonchev–Trinajstić information content (AvgIpc) is 2.36. The molecule has 0 aromatic carbocycles. The van der Waals surface area contributed by atoms with E-state index in [1.54, 1.807) is 0 Å². The van der Waals surface area contributed by atoms with Gasteiger partial charge in [0.2, 0.25) is 0 Å². The van der Waals surface area contributed by atoms with Gasteiger partial charge in [0, 0.05) is 6.42 Å². The van der Waals surface area contributed by atoms with Crippen LogP contribution in [0, 0.1) is 6.92 Å². The normalized spacial score (nSPS) is 10.3. The maximum absolute atomic E-state index is 11.3. The Kier molecular flexibility index (Phi) is 12.0.